The Morgan fingerprint density at radius 3 is 2.30 bits per heavy atom. The van der Waals surface area contributed by atoms with Crippen LogP contribution in [-0.4, -0.2) is 34.6 Å². The van der Waals surface area contributed by atoms with Crippen LogP contribution >= 0.6 is 0 Å². The van der Waals surface area contributed by atoms with E-state index in [0.29, 0.717) is 12.8 Å². The molecule has 0 aromatic carbocycles. The predicted octanol–water partition coefficient (Wildman–Crippen LogP) is -0.294. The summed E-state index contributed by atoms with van der Waals surface area (Å²) in [4.78, 5) is 0. The Labute approximate surface area is 61.3 Å². The Bertz CT molecular complexity index is 73.3. The molecule has 0 aliphatic heterocycles. The van der Waals surface area contributed by atoms with Crippen molar-refractivity contribution in [1.82, 2.24) is 0 Å². The van der Waals surface area contributed by atoms with Gasteiger partial charge in [-0.2, -0.15) is 0 Å². The molecule has 0 rings (SSSR count). The highest BCUT2D eigenvalue weighted by atomic mass is 16.3. The zero-order valence-corrected chi connectivity index (χ0v) is 6.25. The molecule has 0 spiro atoms. The van der Waals surface area contributed by atoms with Gasteiger partial charge in [0.15, 0.2) is 0 Å². The van der Waals surface area contributed by atoms with Crippen LogP contribution in [0.2, 0.25) is 0 Å². The van der Waals surface area contributed by atoms with Crippen LogP contribution in [-0.2, 0) is 0 Å². The van der Waals surface area contributed by atoms with Crippen LogP contribution in [0, 0.1) is 5.92 Å². The van der Waals surface area contributed by atoms with E-state index in [1.807, 2.05) is 0 Å². The lowest BCUT2D eigenvalue weighted by Crippen LogP contribution is -2.12. The predicted molar refractivity (Wildman–Crippen MR) is 38.3 cm³/mol. The molecule has 1 atom stereocenters. The standard InChI is InChI=1S/C7H15O3/c1-6(10)4-7(5-9)2-3-8/h6,8-10H,2-5H2,1H3. The zero-order chi connectivity index (χ0) is 7.98. The second kappa shape index (κ2) is 5.65. The lowest BCUT2D eigenvalue weighted by molar-refractivity contribution is 0.168. The van der Waals surface area contributed by atoms with Crippen LogP contribution < -0.4 is 0 Å². The molecule has 0 heterocycles. The Kier molecular flexibility index (Phi) is 5.58. The van der Waals surface area contributed by atoms with Gasteiger partial charge in [-0.25, -0.2) is 0 Å². The van der Waals surface area contributed by atoms with E-state index in [2.05, 4.69) is 0 Å². The number of aliphatic hydroxyl groups excluding tert-OH is 3. The van der Waals surface area contributed by atoms with Crippen molar-refractivity contribution in [3.63, 3.8) is 0 Å². The van der Waals surface area contributed by atoms with Crippen molar-refractivity contribution in [3.05, 3.63) is 5.92 Å². The number of hydrogen-bond donors (Lipinski definition) is 3. The van der Waals surface area contributed by atoms with Crippen molar-refractivity contribution in [3.8, 4) is 0 Å². The van der Waals surface area contributed by atoms with Gasteiger partial charge in [0, 0.05) is 19.1 Å². The van der Waals surface area contributed by atoms with Gasteiger partial charge in [-0.1, -0.05) is 0 Å². The van der Waals surface area contributed by atoms with Gasteiger partial charge in [0.2, 0.25) is 0 Å². The molecule has 0 fully saturated rings. The fraction of sp³-hybridized carbons (Fsp3) is 0.857. The van der Waals surface area contributed by atoms with Gasteiger partial charge < -0.3 is 15.3 Å². The van der Waals surface area contributed by atoms with Crippen LogP contribution in [0.25, 0.3) is 0 Å². The number of hydrogen-bond acceptors (Lipinski definition) is 3. The van der Waals surface area contributed by atoms with Gasteiger partial charge in [0.05, 0.1) is 6.10 Å². The molecule has 3 nitrogen and oxygen atoms in total. The van der Waals surface area contributed by atoms with Crippen molar-refractivity contribution >= 4 is 0 Å². The van der Waals surface area contributed by atoms with Crippen molar-refractivity contribution < 1.29 is 15.3 Å². The Morgan fingerprint density at radius 2 is 2.00 bits per heavy atom. The summed E-state index contributed by atoms with van der Waals surface area (Å²) in [6, 6.07) is 0. The van der Waals surface area contributed by atoms with Gasteiger partial charge >= 0.3 is 0 Å². The van der Waals surface area contributed by atoms with Crippen molar-refractivity contribution in [1.29, 1.82) is 0 Å². The third kappa shape index (κ3) is 4.73. The molecule has 0 bridgehead atoms. The zero-order valence-electron chi connectivity index (χ0n) is 6.25. The Hall–Kier alpha value is -0.120. The van der Waals surface area contributed by atoms with E-state index in [1.165, 1.54) is 0 Å². The summed E-state index contributed by atoms with van der Waals surface area (Å²) in [5.74, 6) is 0.803. The molecular weight excluding hydrogens is 132 g/mol. The maximum atomic E-state index is 8.87. The lowest BCUT2D eigenvalue weighted by atomic mass is 10.0. The first-order valence-corrected chi connectivity index (χ1v) is 3.44. The summed E-state index contributed by atoms with van der Waals surface area (Å²) in [6.45, 7) is 1.67. The highest BCUT2D eigenvalue weighted by Gasteiger charge is 2.09. The second-order valence-corrected chi connectivity index (χ2v) is 2.43. The normalized spacial score (nSPS) is 14.1. The molecule has 0 aromatic heterocycles. The fourth-order valence-corrected chi connectivity index (χ4v) is 0.822. The topological polar surface area (TPSA) is 60.7 Å². The van der Waals surface area contributed by atoms with Gasteiger partial charge in [0.1, 0.15) is 0 Å². The highest BCUT2D eigenvalue weighted by Crippen LogP contribution is 2.11. The molecule has 0 amide bonds. The van der Waals surface area contributed by atoms with Crippen molar-refractivity contribution in [2.75, 3.05) is 13.2 Å². The smallest absolute Gasteiger partial charge is 0.0518 e. The summed E-state index contributed by atoms with van der Waals surface area (Å²) in [7, 11) is 0. The van der Waals surface area contributed by atoms with Crippen LogP contribution in [0.5, 0.6) is 0 Å². The molecule has 0 aliphatic carbocycles. The van der Waals surface area contributed by atoms with E-state index in [1.54, 1.807) is 6.92 Å². The second-order valence-electron chi connectivity index (χ2n) is 2.43. The van der Waals surface area contributed by atoms with Crippen LogP contribution in [0.15, 0.2) is 0 Å². The molecule has 0 saturated carbocycles. The quantitative estimate of drug-likeness (QED) is 0.500. The third-order valence-electron chi connectivity index (χ3n) is 1.27. The molecular formula is C7H15O3. The summed E-state index contributed by atoms with van der Waals surface area (Å²) >= 11 is 0. The SMILES string of the molecule is CC(O)C[C](CO)CCO. The van der Waals surface area contributed by atoms with E-state index >= 15 is 0 Å². The minimum Gasteiger partial charge on any atom is -0.396 e. The molecule has 10 heavy (non-hydrogen) atoms. The summed E-state index contributed by atoms with van der Waals surface area (Å²) in [6.07, 6.45) is 0.548. The monoisotopic (exact) mass is 147 g/mol. The lowest BCUT2D eigenvalue weighted by Gasteiger charge is -2.12. The van der Waals surface area contributed by atoms with Gasteiger partial charge in [-0.15, -0.1) is 0 Å². The number of aliphatic hydroxyl groups is 3. The molecule has 3 N–H and O–H groups in total. The largest absolute Gasteiger partial charge is 0.396 e. The molecule has 61 valence electrons. The summed E-state index contributed by atoms with van der Waals surface area (Å²) < 4.78 is 0. The van der Waals surface area contributed by atoms with E-state index in [9.17, 15) is 0 Å². The number of rotatable bonds is 5. The van der Waals surface area contributed by atoms with Crippen molar-refractivity contribution in [2.24, 2.45) is 0 Å². The van der Waals surface area contributed by atoms with E-state index in [-0.39, 0.29) is 13.2 Å². The molecule has 1 radical (unpaired) electrons. The van der Waals surface area contributed by atoms with Gasteiger partial charge in [0.25, 0.3) is 0 Å². The van der Waals surface area contributed by atoms with E-state index in [4.69, 9.17) is 15.3 Å². The first-order valence-electron chi connectivity index (χ1n) is 3.44. The van der Waals surface area contributed by atoms with Crippen molar-refractivity contribution in [2.45, 2.75) is 25.9 Å². The average molecular weight is 147 g/mol. The van der Waals surface area contributed by atoms with E-state index in [0.717, 1.165) is 5.92 Å². The molecule has 0 aliphatic rings. The van der Waals surface area contributed by atoms with Crippen LogP contribution in [0.4, 0.5) is 0 Å². The van der Waals surface area contributed by atoms with E-state index < -0.39 is 6.10 Å². The first kappa shape index (κ1) is 9.88. The summed E-state index contributed by atoms with van der Waals surface area (Å²) in [5.41, 5.74) is 0. The molecule has 3 heteroatoms. The molecule has 0 saturated heterocycles. The Morgan fingerprint density at radius 1 is 1.40 bits per heavy atom. The Balaban J connectivity index is 3.39. The minimum atomic E-state index is -0.423. The average Bonchev–Trinajstić information content (AvgIpc) is 1.86. The fourth-order valence-electron chi connectivity index (χ4n) is 0.822. The molecule has 1 unspecified atom stereocenters. The maximum Gasteiger partial charge on any atom is 0.0518 e. The minimum absolute atomic E-state index is 0.0362. The first-order chi connectivity index (χ1) is 4.70. The van der Waals surface area contributed by atoms with Gasteiger partial charge in [-0.05, 0) is 19.8 Å². The van der Waals surface area contributed by atoms with Gasteiger partial charge in [-0.3, -0.25) is 0 Å². The third-order valence-corrected chi connectivity index (χ3v) is 1.27. The van der Waals surface area contributed by atoms with Crippen LogP contribution in [0.3, 0.4) is 0 Å². The maximum absolute atomic E-state index is 8.87. The molecule has 0 aromatic rings. The van der Waals surface area contributed by atoms with Crippen LogP contribution in [0.1, 0.15) is 19.8 Å². The summed E-state index contributed by atoms with van der Waals surface area (Å²) in [5, 5.41) is 26.0. The highest BCUT2D eigenvalue weighted by molar-refractivity contribution is 4.89.